The maximum atomic E-state index is 13.4. The molecule has 0 saturated carbocycles. The molecule has 1 aromatic carbocycles. The van der Waals surface area contributed by atoms with Gasteiger partial charge in [0, 0.05) is 11.9 Å². The number of carboxylic acids is 2. The second-order valence-electron chi connectivity index (χ2n) is 9.96. The maximum absolute atomic E-state index is 13.4. The van der Waals surface area contributed by atoms with Crippen molar-refractivity contribution in [2.24, 2.45) is 5.16 Å². The second kappa shape index (κ2) is 12.6. The standard InChI is InChI=1S/C24H23ClN8O12S2/c25-12-8(1-2-10(35)15(12)36)16(37)29-33-4-3-32(23(33)44)24(21(42)43)7-31-18(39)14(19(31)47-24)28-17(38)13(9-6-46-22(26)27-9)30-45-11(5-34)20(40)41/h1-2,6,11,14,19,34-36H,3-5,7H2,(H2,26,27)(H,28,38)(H,29,37)(H,40,41)(H,42,43)/b30-13-/t11?,14-,19-,24-/m1/s1. The number of thioether (sulfide) groups is 1. The number of oxime groups is 1. The number of aliphatic hydroxyl groups is 1. The van der Waals surface area contributed by atoms with Crippen LogP contribution in [0.4, 0.5) is 9.93 Å². The first-order chi connectivity index (χ1) is 22.2. The van der Waals surface area contributed by atoms with Gasteiger partial charge < -0.3 is 46.3 Å². The van der Waals surface area contributed by atoms with Gasteiger partial charge in [-0.1, -0.05) is 28.5 Å². The van der Waals surface area contributed by atoms with Crippen LogP contribution < -0.4 is 16.5 Å². The number of aliphatic hydroxyl groups excluding tert-OH is 1. The maximum Gasteiger partial charge on any atom is 0.350 e. The molecule has 20 nitrogen and oxygen atoms in total. The number of hydrogen-bond acceptors (Lipinski definition) is 15. The number of benzene rings is 1. The number of aliphatic carboxylic acids is 2. The third-order valence-electron chi connectivity index (χ3n) is 7.18. The van der Waals surface area contributed by atoms with Crippen LogP contribution in [0.2, 0.25) is 5.02 Å². The minimum absolute atomic E-state index is 0.0192. The fourth-order valence-electron chi connectivity index (χ4n) is 4.78. The van der Waals surface area contributed by atoms with Gasteiger partial charge in [-0.25, -0.2) is 24.4 Å². The average Bonchev–Trinajstić information content (AvgIpc) is 3.72. The molecule has 3 aliphatic rings. The number of nitrogens with two attached hydrogens (primary N) is 1. The number of aromatic nitrogens is 1. The number of amides is 5. The number of phenols is 2. The lowest BCUT2D eigenvalue weighted by atomic mass is 10.1. The Labute approximate surface area is 275 Å². The zero-order valence-electron chi connectivity index (χ0n) is 23.4. The Morgan fingerprint density at radius 3 is 2.55 bits per heavy atom. The van der Waals surface area contributed by atoms with E-state index in [1.54, 1.807) is 0 Å². The van der Waals surface area contributed by atoms with Gasteiger partial charge in [0.05, 0.1) is 30.3 Å². The van der Waals surface area contributed by atoms with Gasteiger partial charge in [0.1, 0.15) is 17.1 Å². The topological polar surface area (TPSA) is 298 Å². The van der Waals surface area contributed by atoms with Crippen LogP contribution in [0.5, 0.6) is 11.5 Å². The fraction of sp³-hybridized carbons (Fsp3) is 0.333. The molecular weight excluding hydrogens is 692 g/mol. The molecule has 0 bridgehead atoms. The molecule has 5 rings (SSSR count). The summed E-state index contributed by atoms with van der Waals surface area (Å²) in [5.41, 5.74) is 6.91. The minimum atomic E-state index is -2.04. The van der Waals surface area contributed by atoms with Crippen molar-refractivity contribution in [3.63, 3.8) is 0 Å². The Morgan fingerprint density at radius 2 is 1.94 bits per heavy atom. The third kappa shape index (κ3) is 5.86. The zero-order valence-corrected chi connectivity index (χ0v) is 25.8. The Morgan fingerprint density at radius 1 is 1.21 bits per heavy atom. The van der Waals surface area contributed by atoms with Crippen molar-refractivity contribution < 1.29 is 59.1 Å². The smallest absolute Gasteiger partial charge is 0.350 e. The predicted octanol–water partition coefficient (Wildman–Crippen LogP) is -1.78. The summed E-state index contributed by atoms with van der Waals surface area (Å²) in [7, 11) is 0. The number of urea groups is 1. The van der Waals surface area contributed by atoms with Crippen LogP contribution in [0, 0.1) is 0 Å². The quantitative estimate of drug-likeness (QED) is 0.0552. The van der Waals surface area contributed by atoms with Gasteiger partial charge in [-0.05, 0) is 12.1 Å². The molecule has 1 aromatic heterocycles. The Balaban J connectivity index is 1.31. The number of halogens is 1. The van der Waals surface area contributed by atoms with Gasteiger partial charge in [0.25, 0.3) is 11.8 Å². The van der Waals surface area contributed by atoms with E-state index < -0.39 is 93.5 Å². The number of nitrogens with zero attached hydrogens (tertiary/aromatic N) is 5. The van der Waals surface area contributed by atoms with Crippen molar-refractivity contribution in [1.82, 2.24) is 30.5 Å². The Bertz CT molecular complexity index is 1720. The number of carboxylic acid groups (broad SMARTS) is 2. The number of phenolic OH excluding ortho intramolecular Hbond substituents is 2. The fourth-order valence-corrected chi connectivity index (χ4v) is 7.21. The molecule has 23 heteroatoms. The summed E-state index contributed by atoms with van der Waals surface area (Å²) in [6.07, 6.45) is -1.83. The van der Waals surface area contributed by atoms with Crippen molar-refractivity contribution in [3.05, 3.63) is 33.8 Å². The molecule has 5 amide bonds. The lowest BCUT2D eigenvalue weighted by Gasteiger charge is -2.41. The molecule has 9 N–H and O–H groups in total. The highest BCUT2D eigenvalue weighted by molar-refractivity contribution is 8.02. The monoisotopic (exact) mass is 714 g/mol. The molecular formula is C24H23ClN8O12S2. The van der Waals surface area contributed by atoms with E-state index in [0.717, 1.165) is 38.3 Å². The first kappa shape index (κ1) is 33.3. The lowest BCUT2D eigenvalue weighted by molar-refractivity contribution is -0.153. The summed E-state index contributed by atoms with van der Waals surface area (Å²) in [5, 5.41) is 54.6. The molecule has 4 heterocycles. The summed E-state index contributed by atoms with van der Waals surface area (Å²) in [4.78, 5) is 85.1. The summed E-state index contributed by atoms with van der Waals surface area (Å²) in [5.74, 6) is -7.11. The largest absolute Gasteiger partial charge is 0.504 e. The molecule has 3 fully saturated rings. The minimum Gasteiger partial charge on any atom is -0.504 e. The van der Waals surface area contributed by atoms with Crippen LogP contribution in [0.25, 0.3) is 0 Å². The molecule has 0 radical (unpaired) electrons. The highest BCUT2D eigenvalue weighted by atomic mass is 35.5. The van der Waals surface area contributed by atoms with Gasteiger partial charge in [-0.15, -0.1) is 11.3 Å². The Kier molecular flexibility index (Phi) is 8.94. The van der Waals surface area contributed by atoms with E-state index in [0.29, 0.717) is 11.8 Å². The van der Waals surface area contributed by atoms with Gasteiger partial charge >= 0.3 is 18.0 Å². The number of carbonyl (C=O) groups is 6. The van der Waals surface area contributed by atoms with E-state index in [4.69, 9.17) is 27.3 Å². The summed E-state index contributed by atoms with van der Waals surface area (Å²) < 4.78 is 0. The predicted molar refractivity (Wildman–Crippen MR) is 159 cm³/mol. The zero-order chi connectivity index (χ0) is 34.4. The summed E-state index contributed by atoms with van der Waals surface area (Å²) in [6, 6.07) is -0.145. The number of rotatable bonds is 11. The molecule has 3 saturated heterocycles. The molecule has 4 atom stereocenters. The van der Waals surface area contributed by atoms with E-state index in [1.807, 2.05) is 0 Å². The van der Waals surface area contributed by atoms with Crippen molar-refractivity contribution in [2.45, 2.75) is 22.4 Å². The SMILES string of the molecule is Nc1nc(/C(=N/OC(CO)C(=O)O)C(=O)N[C@@H]2C(=O)N3C[C@@](C(=O)O)(N4CCN(NC(=O)c5ccc(O)c(O)c5Cl)C4=O)S[C@H]23)cs1. The third-order valence-corrected chi connectivity index (χ3v) is 9.91. The van der Waals surface area contributed by atoms with Gasteiger partial charge in [-0.2, -0.15) is 0 Å². The van der Waals surface area contributed by atoms with Crippen LogP contribution in [0.1, 0.15) is 16.1 Å². The van der Waals surface area contributed by atoms with Crippen molar-refractivity contribution in [1.29, 1.82) is 0 Å². The first-order valence-corrected chi connectivity index (χ1v) is 15.3. The van der Waals surface area contributed by atoms with E-state index in [-0.39, 0.29) is 29.5 Å². The second-order valence-corrected chi connectivity index (χ2v) is 12.6. The number of hydrazine groups is 1. The number of nitrogens with one attached hydrogen (secondary N) is 2. The summed E-state index contributed by atoms with van der Waals surface area (Å²) in [6.45, 7) is -1.84. The lowest BCUT2D eigenvalue weighted by Crippen LogP contribution is -2.68. The molecule has 0 aliphatic carbocycles. The number of carbonyl (C=O) groups excluding carboxylic acids is 4. The van der Waals surface area contributed by atoms with Gasteiger partial charge in [0.2, 0.25) is 16.9 Å². The van der Waals surface area contributed by atoms with Gasteiger partial charge in [-0.3, -0.25) is 24.7 Å². The number of β-lactam (4-membered cyclic amide) rings is 1. The van der Waals surface area contributed by atoms with Crippen LogP contribution in [-0.4, -0.2) is 135 Å². The van der Waals surface area contributed by atoms with E-state index in [1.165, 1.54) is 5.38 Å². The van der Waals surface area contributed by atoms with Crippen LogP contribution >= 0.6 is 34.7 Å². The van der Waals surface area contributed by atoms with Crippen LogP contribution in [0.15, 0.2) is 22.7 Å². The molecule has 47 heavy (non-hydrogen) atoms. The number of anilines is 1. The van der Waals surface area contributed by atoms with Crippen LogP contribution in [0.3, 0.4) is 0 Å². The average molecular weight is 715 g/mol. The normalized spacial score (nSPS) is 22.9. The highest BCUT2D eigenvalue weighted by Gasteiger charge is 2.66. The summed E-state index contributed by atoms with van der Waals surface area (Å²) >= 11 is 7.54. The Hall–Kier alpha value is -5.06. The molecule has 2 aromatic rings. The number of aromatic hydroxyl groups is 2. The molecule has 1 unspecified atom stereocenters. The van der Waals surface area contributed by atoms with Gasteiger partial charge in [0.15, 0.2) is 22.3 Å². The van der Waals surface area contributed by atoms with E-state index in [2.05, 4.69) is 20.9 Å². The number of fused-ring (bicyclic) bond motifs is 1. The first-order valence-electron chi connectivity index (χ1n) is 13.1. The van der Waals surface area contributed by atoms with Crippen LogP contribution in [-0.2, 0) is 24.0 Å². The number of nitrogen functional groups attached to an aromatic ring is 1. The number of thiazole rings is 1. The van der Waals surface area contributed by atoms with Crippen molar-refractivity contribution in [3.8, 4) is 11.5 Å². The molecule has 3 aliphatic heterocycles. The highest BCUT2D eigenvalue weighted by Crippen LogP contribution is 2.49. The van der Waals surface area contributed by atoms with Crippen molar-refractivity contribution >= 4 is 81.2 Å². The molecule has 250 valence electrons. The van der Waals surface area contributed by atoms with E-state index in [9.17, 15) is 49.2 Å². The number of hydrogen-bond donors (Lipinski definition) is 8. The molecule has 0 spiro atoms. The van der Waals surface area contributed by atoms with E-state index >= 15 is 0 Å². The van der Waals surface area contributed by atoms with Crippen molar-refractivity contribution in [2.75, 3.05) is 32.0 Å².